The first kappa shape index (κ1) is 15.9. The van der Waals surface area contributed by atoms with Gasteiger partial charge in [-0.25, -0.2) is 0 Å². The molecule has 3 aromatic rings. The van der Waals surface area contributed by atoms with Crippen LogP contribution in [0.2, 0.25) is 0 Å². The Morgan fingerprint density at radius 1 is 0.833 bits per heavy atom. The fourth-order valence-electron chi connectivity index (χ4n) is 2.47. The smallest absolute Gasteiger partial charge is 0.257 e. The molecular weight excluding hydrogens is 298 g/mol. The number of aromatic amines is 1. The minimum absolute atomic E-state index is 0.101. The van der Waals surface area contributed by atoms with E-state index in [9.17, 15) is 4.79 Å². The van der Waals surface area contributed by atoms with E-state index in [1.54, 1.807) is 6.20 Å². The summed E-state index contributed by atoms with van der Waals surface area (Å²) in [6.45, 7) is 5.96. The molecule has 122 valence electrons. The standard InChI is InChI=1S/C20H21N3O/c1-13-4-6-16(7-5-13)22-17-8-10-18(11-9-17)23-20(24)19-12-21-15(3)14(19)2/h4-12,21-22H,1-3H3,(H,23,24). The quantitative estimate of drug-likeness (QED) is 0.638. The number of H-pyrrole nitrogens is 1. The number of benzene rings is 2. The Hall–Kier alpha value is -3.01. The van der Waals surface area contributed by atoms with Crippen molar-refractivity contribution in [3.05, 3.63) is 77.1 Å². The van der Waals surface area contributed by atoms with E-state index in [-0.39, 0.29) is 5.91 Å². The number of hydrogen-bond donors (Lipinski definition) is 3. The van der Waals surface area contributed by atoms with Crippen molar-refractivity contribution >= 4 is 23.0 Å². The second-order valence-corrected chi connectivity index (χ2v) is 5.97. The van der Waals surface area contributed by atoms with Gasteiger partial charge >= 0.3 is 0 Å². The van der Waals surface area contributed by atoms with Crippen LogP contribution in [0.25, 0.3) is 0 Å². The van der Waals surface area contributed by atoms with E-state index in [1.165, 1.54) is 5.56 Å². The number of rotatable bonds is 4. The van der Waals surface area contributed by atoms with Gasteiger partial charge in [-0.05, 0) is 62.7 Å². The Kier molecular flexibility index (Phi) is 4.38. The number of carbonyl (C=O) groups excluding carboxylic acids is 1. The molecule has 0 spiro atoms. The first-order valence-electron chi connectivity index (χ1n) is 7.92. The lowest BCUT2D eigenvalue weighted by atomic mass is 10.1. The van der Waals surface area contributed by atoms with Crippen molar-refractivity contribution in [3.8, 4) is 0 Å². The molecule has 1 aromatic heterocycles. The third kappa shape index (κ3) is 3.49. The van der Waals surface area contributed by atoms with Crippen LogP contribution in [-0.2, 0) is 0 Å². The lowest BCUT2D eigenvalue weighted by Crippen LogP contribution is -2.12. The second kappa shape index (κ2) is 6.62. The van der Waals surface area contributed by atoms with Gasteiger partial charge < -0.3 is 15.6 Å². The minimum Gasteiger partial charge on any atom is -0.364 e. The molecule has 0 fully saturated rings. The molecule has 0 saturated carbocycles. The Morgan fingerprint density at radius 2 is 1.38 bits per heavy atom. The first-order valence-corrected chi connectivity index (χ1v) is 7.92. The third-order valence-corrected chi connectivity index (χ3v) is 4.13. The van der Waals surface area contributed by atoms with Gasteiger partial charge in [-0.2, -0.15) is 0 Å². The molecule has 24 heavy (non-hydrogen) atoms. The summed E-state index contributed by atoms with van der Waals surface area (Å²) < 4.78 is 0. The zero-order chi connectivity index (χ0) is 17.1. The molecule has 1 heterocycles. The van der Waals surface area contributed by atoms with E-state index in [0.717, 1.165) is 28.3 Å². The SMILES string of the molecule is Cc1ccc(Nc2ccc(NC(=O)c3c[nH]c(C)c3C)cc2)cc1. The number of amides is 1. The van der Waals surface area contributed by atoms with Gasteiger partial charge in [0.2, 0.25) is 0 Å². The molecule has 4 heteroatoms. The number of aryl methyl sites for hydroxylation is 2. The van der Waals surface area contributed by atoms with Crippen molar-refractivity contribution in [1.29, 1.82) is 0 Å². The third-order valence-electron chi connectivity index (χ3n) is 4.13. The van der Waals surface area contributed by atoms with Crippen LogP contribution >= 0.6 is 0 Å². The summed E-state index contributed by atoms with van der Waals surface area (Å²) in [5.41, 5.74) is 6.68. The number of carbonyl (C=O) groups is 1. The number of hydrogen-bond acceptors (Lipinski definition) is 2. The maximum atomic E-state index is 12.3. The lowest BCUT2D eigenvalue weighted by molar-refractivity contribution is 0.102. The van der Waals surface area contributed by atoms with Crippen LogP contribution in [0.3, 0.4) is 0 Å². The highest BCUT2D eigenvalue weighted by molar-refractivity contribution is 6.05. The average molecular weight is 319 g/mol. The van der Waals surface area contributed by atoms with E-state index >= 15 is 0 Å². The van der Waals surface area contributed by atoms with Crippen molar-refractivity contribution in [1.82, 2.24) is 4.98 Å². The van der Waals surface area contributed by atoms with E-state index in [0.29, 0.717) is 5.56 Å². The van der Waals surface area contributed by atoms with Gasteiger partial charge in [0, 0.05) is 29.0 Å². The van der Waals surface area contributed by atoms with Crippen LogP contribution in [0, 0.1) is 20.8 Å². The fourth-order valence-corrected chi connectivity index (χ4v) is 2.47. The van der Waals surface area contributed by atoms with Crippen LogP contribution in [0.15, 0.2) is 54.7 Å². The molecule has 0 bridgehead atoms. The summed E-state index contributed by atoms with van der Waals surface area (Å²) in [5, 5.41) is 6.26. The molecule has 3 rings (SSSR count). The highest BCUT2D eigenvalue weighted by atomic mass is 16.1. The average Bonchev–Trinajstić information content (AvgIpc) is 2.91. The van der Waals surface area contributed by atoms with Crippen molar-refractivity contribution in [2.75, 3.05) is 10.6 Å². The van der Waals surface area contributed by atoms with Crippen LogP contribution in [-0.4, -0.2) is 10.9 Å². The lowest BCUT2D eigenvalue weighted by Gasteiger charge is -2.09. The molecule has 0 unspecified atom stereocenters. The topological polar surface area (TPSA) is 56.9 Å². The van der Waals surface area contributed by atoms with Gasteiger partial charge in [0.15, 0.2) is 0 Å². The van der Waals surface area contributed by atoms with E-state index in [4.69, 9.17) is 0 Å². The number of nitrogens with one attached hydrogen (secondary N) is 3. The predicted molar refractivity (Wildman–Crippen MR) is 99.1 cm³/mol. The van der Waals surface area contributed by atoms with Crippen molar-refractivity contribution in [2.45, 2.75) is 20.8 Å². The molecule has 0 aliphatic heterocycles. The van der Waals surface area contributed by atoms with Gasteiger partial charge in [-0.1, -0.05) is 17.7 Å². The van der Waals surface area contributed by atoms with Crippen LogP contribution in [0.4, 0.5) is 17.1 Å². The zero-order valence-electron chi connectivity index (χ0n) is 14.1. The molecular formula is C20H21N3O. The number of anilines is 3. The Morgan fingerprint density at radius 3 is 1.92 bits per heavy atom. The van der Waals surface area contributed by atoms with Gasteiger partial charge in [0.1, 0.15) is 0 Å². The molecule has 0 atom stereocenters. The van der Waals surface area contributed by atoms with Gasteiger partial charge in [0.05, 0.1) is 5.56 Å². The minimum atomic E-state index is -0.101. The number of aromatic nitrogens is 1. The molecule has 4 nitrogen and oxygen atoms in total. The predicted octanol–water partition coefficient (Wildman–Crippen LogP) is 4.94. The maximum absolute atomic E-state index is 12.3. The monoisotopic (exact) mass is 319 g/mol. The van der Waals surface area contributed by atoms with Crippen LogP contribution in [0.5, 0.6) is 0 Å². The van der Waals surface area contributed by atoms with Gasteiger partial charge in [-0.15, -0.1) is 0 Å². The summed E-state index contributed by atoms with van der Waals surface area (Å²) in [4.78, 5) is 15.4. The van der Waals surface area contributed by atoms with Crippen LogP contribution < -0.4 is 10.6 Å². The summed E-state index contributed by atoms with van der Waals surface area (Å²) in [7, 11) is 0. The molecule has 3 N–H and O–H groups in total. The van der Waals surface area contributed by atoms with Gasteiger partial charge in [-0.3, -0.25) is 4.79 Å². The maximum Gasteiger partial charge on any atom is 0.257 e. The molecule has 0 aliphatic carbocycles. The molecule has 0 saturated heterocycles. The molecule has 2 aromatic carbocycles. The Labute approximate surface area is 141 Å². The normalized spacial score (nSPS) is 10.5. The highest BCUT2D eigenvalue weighted by Crippen LogP contribution is 2.20. The zero-order valence-corrected chi connectivity index (χ0v) is 14.1. The van der Waals surface area contributed by atoms with E-state index in [1.807, 2.05) is 50.2 Å². The fraction of sp³-hybridized carbons (Fsp3) is 0.150. The van der Waals surface area contributed by atoms with E-state index in [2.05, 4.69) is 34.7 Å². The summed E-state index contributed by atoms with van der Waals surface area (Å²) >= 11 is 0. The van der Waals surface area contributed by atoms with Crippen molar-refractivity contribution in [2.24, 2.45) is 0 Å². The summed E-state index contributed by atoms with van der Waals surface area (Å²) in [6.07, 6.45) is 1.74. The Balaban J connectivity index is 1.67. The first-order chi connectivity index (χ1) is 11.5. The molecule has 1 amide bonds. The van der Waals surface area contributed by atoms with Crippen molar-refractivity contribution < 1.29 is 4.79 Å². The summed E-state index contributed by atoms with van der Waals surface area (Å²) in [6, 6.07) is 15.9. The van der Waals surface area contributed by atoms with Crippen molar-refractivity contribution in [3.63, 3.8) is 0 Å². The Bertz CT molecular complexity index is 846. The second-order valence-electron chi connectivity index (χ2n) is 5.97. The van der Waals surface area contributed by atoms with E-state index < -0.39 is 0 Å². The highest BCUT2D eigenvalue weighted by Gasteiger charge is 2.12. The molecule has 0 aliphatic rings. The summed E-state index contributed by atoms with van der Waals surface area (Å²) in [5.74, 6) is -0.101. The molecule has 0 radical (unpaired) electrons. The largest absolute Gasteiger partial charge is 0.364 e. The van der Waals surface area contributed by atoms with Crippen LogP contribution in [0.1, 0.15) is 27.2 Å². The van der Waals surface area contributed by atoms with Gasteiger partial charge in [0.25, 0.3) is 5.91 Å².